The zero-order valence-electron chi connectivity index (χ0n) is 12.6. The Labute approximate surface area is 125 Å². The summed E-state index contributed by atoms with van der Waals surface area (Å²) in [5, 5.41) is 3.26. The summed E-state index contributed by atoms with van der Waals surface area (Å²) in [6.07, 6.45) is 2.36. The number of methoxy groups -OCH3 is 2. The van der Waals surface area contributed by atoms with Crippen LogP contribution in [0.4, 0.5) is 0 Å². The van der Waals surface area contributed by atoms with Crippen LogP contribution < -0.4 is 19.5 Å². The molecule has 0 heterocycles. The number of aryl methyl sites for hydroxylation is 1. The predicted molar refractivity (Wildman–Crippen MR) is 80.5 cm³/mol. The van der Waals surface area contributed by atoms with Crippen molar-refractivity contribution in [2.24, 2.45) is 0 Å². The number of benzene rings is 1. The summed E-state index contributed by atoms with van der Waals surface area (Å²) in [6, 6.07) is 3.72. The lowest BCUT2D eigenvalue weighted by atomic mass is 10.2. The molecule has 0 unspecified atom stereocenters. The fraction of sp³-hybridized carbons (Fsp3) is 0.571. The molecule has 0 saturated heterocycles. The molecule has 1 aromatic carbocycles. The average molecular weight is 314 g/mol. The lowest BCUT2D eigenvalue weighted by Gasteiger charge is -2.14. The van der Waals surface area contributed by atoms with Gasteiger partial charge in [0.25, 0.3) is 0 Å². The maximum absolute atomic E-state index is 12.3. The lowest BCUT2D eigenvalue weighted by Crippen LogP contribution is -2.33. The summed E-state index contributed by atoms with van der Waals surface area (Å²) in [7, 11) is -0.548. The van der Waals surface area contributed by atoms with Gasteiger partial charge in [-0.05, 0) is 31.4 Å². The molecule has 0 radical (unpaired) electrons. The molecule has 0 amide bonds. The Bertz CT molecular complexity index is 597. The van der Waals surface area contributed by atoms with E-state index >= 15 is 0 Å². The van der Waals surface area contributed by atoms with Gasteiger partial charge in [0.05, 0.1) is 19.1 Å². The van der Waals surface area contributed by atoms with E-state index < -0.39 is 10.0 Å². The molecule has 1 aliphatic carbocycles. The molecule has 21 heavy (non-hydrogen) atoms. The van der Waals surface area contributed by atoms with E-state index in [-0.39, 0.29) is 4.90 Å². The SMILES string of the molecule is COc1cc(C)c(S(=O)(=O)NCCNC2CC2)cc1OC. The molecule has 118 valence electrons. The Kier molecular flexibility index (Phi) is 5.08. The number of sulfonamides is 1. The van der Waals surface area contributed by atoms with Gasteiger partial charge in [-0.1, -0.05) is 0 Å². The van der Waals surface area contributed by atoms with Gasteiger partial charge in [0.15, 0.2) is 11.5 Å². The quantitative estimate of drug-likeness (QED) is 0.701. The number of nitrogens with one attached hydrogen (secondary N) is 2. The summed E-state index contributed by atoms with van der Waals surface area (Å²) in [5.41, 5.74) is 0.621. The second-order valence-electron chi connectivity index (χ2n) is 5.10. The van der Waals surface area contributed by atoms with E-state index in [1.165, 1.54) is 33.1 Å². The molecule has 2 N–H and O–H groups in total. The zero-order chi connectivity index (χ0) is 15.5. The van der Waals surface area contributed by atoms with Crippen LogP contribution in [0.2, 0.25) is 0 Å². The van der Waals surface area contributed by atoms with Crippen LogP contribution in [-0.4, -0.2) is 41.8 Å². The molecule has 0 spiro atoms. The van der Waals surface area contributed by atoms with Crippen LogP contribution in [-0.2, 0) is 10.0 Å². The number of rotatable bonds is 8. The van der Waals surface area contributed by atoms with Gasteiger partial charge in [-0.25, -0.2) is 13.1 Å². The van der Waals surface area contributed by atoms with Gasteiger partial charge in [0.1, 0.15) is 0 Å². The Hall–Kier alpha value is -1.31. The standard InChI is InChI=1S/C14H22N2O4S/c1-10-8-12(19-2)13(20-3)9-14(10)21(17,18)16-7-6-15-11-4-5-11/h8-9,11,15-16H,4-7H2,1-3H3. The second kappa shape index (κ2) is 6.64. The molecular formula is C14H22N2O4S. The van der Waals surface area contributed by atoms with E-state index in [1.807, 2.05) is 0 Å². The van der Waals surface area contributed by atoms with Crippen molar-refractivity contribution in [2.75, 3.05) is 27.3 Å². The van der Waals surface area contributed by atoms with Crippen molar-refractivity contribution in [1.82, 2.24) is 10.0 Å². The highest BCUT2D eigenvalue weighted by atomic mass is 32.2. The van der Waals surface area contributed by atoms with Crippen molar-refractivity contribution in [3.63, 3.8) is 0 Å². The van der Waals surface area contributed by atoms with Crippen LogP contribution in [0.1, 0.15) is 18.4 Å². The van der Waals surface area contributed by atoms with Crippen molar-refractivity contribution in [1.29, 1.82) is 0 Å². The minimum Gasteiger partial charge on any atom is -0.493 e. The van der Waals surface area contributed by atoms with Gasteiger partial charge in [0, 0.05) is 25.2 Å². The normalized spacial score (nSPS) is 15.0. The van der Waals surface area contributed by atoms with E-state index in [2.05, 4.69) is 10.0 Å². The fourth-order valence-corrected chi connectivity index (χ4v) is 3.35. The minimum atomic E-state index is -3.55. The van der Waals surface area contributed by atoms with Crippen LogP contribution in [0.5, 0.6) is 11.5 Å². The molecule has 1 saturated carbocycles. The first-order valence-corrected chi connectivity index (χ1v) is 8.42. The van der Waals surface area contributed by atoms with Crippen LogP contribution in [0.15, 0.2) is 17.0 Å². The summed E-state index contributed by atoms with van der Waals surface area (Å²) in [5.74, 6) is 0.920. The third-order valence-electron chi connectivity index (χ3n) is 3.40. The zero-order valence-corrected chi connectivity index (χ0v) is 13.4. The van der Waals surface area contributed by atoms with Crippen molar-refractivity contribution in [2.45, 2.75) is 30.7 Å². The summed E-state index contributed by atoms with van der Waals surface area (Å²) < 4.78 is 37.6. The van der Waals surface area contributed by atoms with Crippen molar-refractivity contribution in [3.8, 4) is 11.5 Å². The highest BCUT2D eigenvalue weighted by Crippen LogP contribution is 2.32. The molecule has 0 bridgehead atoms. The molecule has 1 fully saturated rings. The molecular weight excluding hydrogens is 292 g/mol. The minimum absolute atomic E-state index is 0.214. The van der Waals surface area contributed by atoms with Gasteiger partial charge < -0.3 is 14.8 Å². The Morgan fingerprint density at radius 1 is 1.14 bits per heavy atom. The average Bonchev–Trinajstić information content (AvgIpc) is 3.27. The van der Waals surface area contributed by atoms with Gasteiger partial charge >= 0.3 is 0 Å². The Balaban J connectivity index is 2.10. The largest absolute Gasteiger partial charge is 0.493 e. The van der Waals surface area contributed by atoms with Crippen LogP contribution in [0.25, 0.3) is 0 Å². The van der Waals surface area contributed by atoms with E-state index in [0.29, 0.717) is 36.2 Å². The second-order valence-corrected chi connectivity index (χ2v) is 6.83. The van der Waals surface area contributed by atoms with Gasteiger partial charge in [-0.3, -0.25) is 0 Å². The fourth-order valence-electron chi connectivity index (χ4n) is 2.08. The first-order valence-electron chi connectivity index (χ1n) is 6.93. The molecule has 1 aromatic rings. The van der Waals surface area contributed by atoms with Crippen molar-refractivity contribution in [3.05, 3.63) is 17.7 Å². The summed E-state index contributed by atoms with van der Waals surface area (Å²) >= 11 is 0. The summed E-state index contributed by atoms with van der Waals surface area (Å²) in [6.45, 7) is 2.74. The smallest absolute Gasteiger partial charge is 0.241 e. The van der Waals surface area contributed by atoms with Gasteiger partial charge in [-0.2, -0.15) is 0 Å². The highest BCUT2D eigenvalue weighted by Gasteiger charge is 2.22. The van der Waals surface area contributed by atoms with Crippen molar-refractivity contribution < 1.29 is 17.9 Å². The molecule has 0 aliphatic heterocycles. The van der Waals surface area contributed by atoms with Crippen LogP contribution >= 0.6 is 0 Å². The number of hydrogen-bond donors (Lipinski definition) is 2. The Morgan fingerprint density at radius 3 is 2.33 bits per heavy atom. The maximum atomic E-state index is 12.3. The number of hydrogen-bond acceptors (Lipinski definition) is 5. The van der Waals surface area contributed by atoms with E-state index in [9.17, 15) is 8.42 Å². The molecule has 7 heteroatoms. The first-order chi connectivity index (χ1) is 9.97. The van der Waals surface area contributed by atoms with E-state index in [4.69, 9.17) is 9.47 Å². The Morgan fingerprint density at radius 2 is 1.76 bits per heavy atom. The maximum Gasteiger partial charge on any atom is 0.241 e. The molecule has 0 atom stereocenters. The van der Waals surface area contributed by atoms with Crippen molar-refractivity contribution >= 4 is 10.0 Å². The summed E-state index contributed by atoms with van der Waals surface area (Å²) in [4.78, 5) is 0.214. The van der Waals surface area contributed by atoms with E-state index in [1.54, 1.807) is 13.0 Å². The lowest BCUT2D eigenvalue weighted by molar-refractivity contribution is 0.353. The predicted octanol–water partition coefficient (Wildman–Crippen LogP) is 1.04. The van der Waals surface area contributed by atoms with Crippen LogP contribution in [0.3, 0.4) is 0 Å². The third kappa shape index (κ3) is 4.09. The molecule has 0 aromatic heterocycles. The van der Waals surface area contributed by atoms with Gasteiger partial charge in [0.2, 0.25) is 10.0 Å². The molecule has 1 aliphatic rings. The third-order valence-corrected chi connectivity index (χ3v) is 5.00. The molecule has 2 rings (SSSR count). The topological polar surface area (TPSA) is 76.7 Å². The first kappa shape index (κ1) is 16.1. The molecule has 6 nitrogen and oxygen atoms in total. The highest BCUT2D eigenvalue weighted by molar-refractivity contribution is 7.89. The number of ether oxygens (including phenoxy) is 2. The van der Waals surface area contributed by atoms with E-state index in [0.717, 1.165) is 0 Å². The van der Waals surface area contributed by atoms with Crippen LogP contribution in [0, 0.1) is 6.92 Å². The van der Waals surface area contributed by atoms with Gasteiger partial charge in [-0.15, -0.1) is 0 Å². The monoisotopic (exact) mass is 314 g/mol.